The summed E-state index contributed by atoms with van der Waals surface area (Å²) in [6.45, 7) is 0.646. The number of carbonyl (C=O) groups excluding carboxylic acids is 1. The molecule has 2 aliphatic carbocycles. The number of carbonyl (C=O) groups is 2. The molecule has 2 aliphatic rings. The SMILES string of the molecule is O=C(CCNC1CC1)NC(C(=O)O)C1CCCCC1. The highest BCUT2D eigenvalue weighted by molar-refractivity contribution is 5.83. The van der Waals surface area contributed by atoms with E-state index in [-0.39, 0.29) is 11.8 Å². The second-order valence-electron chi connectivity index (χ2n) is 5.76. The Balaban J connectivity index is 1.74. The maximum absolute atomic E-state index is 11.8. The average molecular weight is 268 g/mol. The van der Waals surface area contributed by atoms with Gasteiger partial charge in [0.2, 0.25) is 5.91 Å². The van der Waals surface area contributed by atoms with Gasteiger partial charge in [0.05, 0.1) is 0 Å². The summed E-state index contributed by atoms with van der Waals surface area (Å²) in [7, 11) is 0. The van der Waals surface area contributed by atoms with Gasteiger partial charge in [-0.1, -0.05) is 19.3 Å². The molecule has 0 radical (unpaired) electrons. The van der Waals surface area contributed by atoms with E-state index in [1.807, 2.05) is 0 Å². The van der Waals surface area contributed by atoms with E-state index in [0.717, 1.165) is 25.7 Å². The molecule has 0 aromatic heterocycles. The quantitative estimate of drug-likeness (QED) is 0.650. The van der Waals surface area contributed by atoms with E-state index in [1.165, 1.54) is 19.3 Å². The lowest BCUT2D eigenvalue weighted by atomic mass is 9.84. The predicted octanol–water partition coefficient (Wildman–Crippen LogP) is 1.28. The van der Waals surface area contributed by atoms with E-state index in [1.54, 1.807) is 0 Å². The summed E-state index contributed by atoms with van der Waals surface area (Å²) in [5, 5.41) is 15.2. The van der Waals surface area contributed by atoms with Crippen molar-refractivity contribution in [3.63, 3.8) is 0 Å². The van der Waals surface area contributed by atoms with Crippen LogP contribution in [-0.4, -0.2) is 35.6 Å². The summed E-state index contributed by atoms with van der Waals surface area (Å²) in [4.78, 5) is 23.1. The van der Waals surface area contributed by atoms with E-state index in [0.29, 0.717) is 19.0 Å². The van der Waals surface area contributed by atoms with Crippen molar-refractivity contribution in [3.05, 3.63) is 0 Å². The van der Waals surface area contributed by atoms with Gasteiger partial charge in [-0.25, -0.2) is 4.79 Å². The second-order valence-corrected chi connectivity index (χ2v) is 5.76. The monoisotopic (exact) mass is 268 g/mol. The normalized spacial score (nSPS) is 21.9. The first-order chi connectivity index (χ1) is 9.16. The molecule has 2 rings (SSSR count). The number of aliphatic carboxylic acids is 1. The predicted molar refractivity (Wildman–Crippen MR) is 71.8 cm³/mol. The fourth-order valence-corrected chi connectivity index (χ4v) is 2.77. The van der Waals surface area contributed by atoms with Gasteiger partial charge in [-0.2, -0.15) is 0 Å². The summed E-state index contributed by atoms with van der Waals surface area (Å²) in [6.07, 6.45) is 7.92. The van der Waals surface area contributed by atoms with E-state index >= 15 is 0 Å². The maximum Gasteiger partial charge on any atom is 0.326 e. The van der Waals surface area contributed by atoms with Crippen LogP contribution in [0.2, 0.25) is 0 Å². The summed E-state index contributed by atoms with van der Waals surface area (Å²) >= 11 is 0. The van der Waals surface area contributed by atoms with Gasteiger partial charge in [-0.05, 0) is 31.6 Å². The number of nitrogens with one attached hydrogen (secondary N) is 2. The molecule has 1 amide bonds. The van der Waals surface area contributed by atoms with Crippen LogP contribution in [0.25, 0.3) is 0 Å². The number of hydrogen-bond donors (Lipinski definition) is 3. The molecule has 0 heterocycles. The molecule has 5 heteroatoms. The minimum Gasteiger partial charge on any atom is -0.480 e. The third kappa shape index (κ3) is 4.82. The summed E-state index contributed by atoms with van der Waals surface area (Å²) in [5.74, 6) is -0.937. The summed E-state index contributed by atoms with van der Waals surface area (Å²) in [6, 6.07) is -0.116. The van der Waals surface area contributed by atoms with E-state index < -0.39 is 12.0 Å². The molecule has 0 aromatic carbocycles. The molecule has 0 spiro atoms. The Hall–Kier alpha value is -1.10. The van der Waals surface area contributed by atoms with Gasteiger partial charge >= 0.3 is 5.97 Å². The molecule has 2 fully saturated rings. The van der Waals surface area contributed by atoms with Gasteiger partial charge in [0.1, 0.15) is 6.04 Å². The molecule has 3 N–H and O–H groups in total. The zero-order valence-electron chi connectivity index (χ0n) is 11.4. The zero-order valence-corrected chi connectivity index (χ0v) is 11.4. The third-order valence-corrected chi connectivity index (χ3v) is 4.07. The lowest BCUT2D eigenvalue weighted by Crippen LogP contribution is -2.47. The van der Waals surface area contributed by atoms with Crippen LogP contribution in [0.15, 0.2) is 0 Å². The zero-order chi connectivity index (χ0) is 13.7. The lowest BCUT2D eigenvalue weighted by molar-refractivity contribution is -0.143. The van der Waals surface area contributed by atoms with Crippen molar-refractivity contribution in [3.8, 4) is 0 Å². The topological polar surface area (TPSA) is 78.4 Å². The van der Waals surface area contributed by atoms with Crippen LogP contribution >= 0.6 is 0 Å². The molecular weight excluding hydrogens is 244 g/mol. The largest absolute Gasteiger partial charge is 0.480 e. The van der Waals surface area contributed by atoms with Crippen LogP contribution in [-0.2, 0) is 9.59 Å². The molecule has 0 aliphatic heterocycles. The summed E-state index contributed by atoms with van der Waals surface area (Å²) in [5.41, 5.74) is 0. The highest BCUT2D eigenvalue weighted by Gasteiger charge is 2.30. The fourth-order valence-electron chi connectivity index (χ4n) is 2.77. The number of rotatable bonds is 7. The third-order valence-electron chi connectivity index (χ3n) is 4.07. The first-order valence-electron chi connectivity index (χ1n) is 7.42. The molecule has 5 nitrogen and oxygen atoms in total. The highest BCUT2D eigenvalue weighted by Crippen LogP contribution is 2.26. The van der Waals surface area contributed by atoms with E-state index in [2.05, 4.69) is 10.6 Å². The standard InChI is InChI=1S/C14H24N2O3/c17-12(8-9-15-11-6-7-11)16-13(14(18)19)10-4-2-1-3-5-10/h10-11,13,15H,1-9H2,(H,16,17)(H,18,19). The van der Waals surface area contributed by atoms with Crippen molar-refractivity contribution < 1.29 is 14.7 Å². The fraction of sp³-hybridized carbons (Fsp3) is 0.857. The molecule has 0 saturated heterocycles. The molecule has 0 aromatic rings. The van der Waals surface area contributed by atoms with Crippen molar-refractivity contribution in [2.45, 2.75) is 63.5 Å². The Morgan fingerprint density at radius 3 is 2.37 bits per heavy atom. The Kier molecular flexibility index (Phi) is 5.19. The van der Waals surface area contributed by atoms with Gasteiger partial charge in [-0.15, -0.1) is 0 Å². The molecule has 1 atom stereocenters. The molecule has 0 bridgehead atoms. The number of amides is 1. The number of carboxylic acids is 1. The highest BCUT2D eigenvalue weighted by atomic mass is 16.4. The van der Waals surface area contributed by atoms with Gasteiger partial charge in [-0.3, -0.25) is 4.79 Å². The Morgan fingerprint density at radius 1 is 1.11 bits per heavy atom. The van der Waals surface area contributed by atoms with Gasteiger partial charge in [0, 0.05) is 19.0 Å². The van der Waals surface area contributed by atoms with Gasteiger partial charge in [0.15, 0.2) is 0 Å². The molecule has 108 valence electrons. The van der Waals surface area contributed by atoms with Crippen LogP contribution in [0.1, 0.15) is 51.4 Å². The molecule has 2 saturated carbocycles. The van der Waals surface area contributed by atoms with E-state index in [4.69, 9.17) is 0 Å². The van der Waals surface area contributed by atoms with E-state index in [9.17, 15) is 14.7 Å². The van der Waals surface area contributed by atoms with Gasteiger partial charge in [0.25, 0.3) is 0 Å². The smallest absolute Gasteiger partial charge is 0.326 e. The van der Waals surface area contributed by atoms with Crippen LogP contribution < -0.4 is 10.6 Å². The minimum absolute atomic E-state index is 0.103. The maximum atomic E-state index is 11.8. The Labute approximate surface area is 114 Å². The Bertz CT molecular complexity index is 323. The number of hydrogen-bond acceptors (Lipinski definition) is 3. The van der Waals surface area contributed by atoms with Crippen LogP contribution in [0.3, 0.4) is 0 Å². The first-order valence-corrected chi connectivity index (χ1v) is 7.42. The molecular formula is C14H24N2O3. The van der Waals surface area contributed by atoms with Crippen molar-refractivity contribution in [2.24, 2.45) is 5.92 Å². The Morgan fingerprint density at radius 2 is 1.79 bits per heavy atom. The van der Waals surface area contributed by atoms with Gasteiger partial charge < -0.3 is 15.7 Å². The van der Waals surface area contributed by atoms with Crippen molar-refractivity contribution in [2.75, 3.05) is 6.54 Å². The van der Waals surface area contributed by atoms with Crippen molar-refractivity contribution in [1.29, 1.82) is 0 Å². The second kappa shape index (κ2) is 6.89. The summed E-state index contributed by atoms with van der Waals surface area (Å²) < 4.78 is 0. The first kappa shape index (κ1) is 14.3. The average Bonchev–Trinajstić information content (AvgIpc) is 3.21. The lowest BCUT2D eigenvalue weighted by Gasteiger charge is -2.28. The number of carboxylic acid groups (broad SMARTS) is 1. The molecule has 1 unspecified atom stereocenters. The van der Waals surface area contributed by atoms with Crippen LogP contribution in [0.4, 0.5) is 0 Å². The van der Waals surface area contributed by atoms with Crippen molar-refractivity contribution in [1.82, 2.24) is 10.6 Å². The molecule has 19 heavy (non-hydrogen) atoms. The van der Waals surface area contributed by atoms with Crippen LogP contribution in [0, 0.1) is 5.92 Å². The van der Waals surface area contributed by atoms with Crippen molar-refractivity contribution >= 4 is 11.9 Å². The van der Waals surface area contributed by atoms with Crippen LogP contribution in [0.5, 0.6) is 0 Å². The minimum atomic E-state index is -0.893.